The molecule has 0 amide bonds. The average molecular weight is 284 g/mol. The van der Waals surface area contributed by atoms with Gasteiger partial charge >= 0.3 is 0 Å². The van der Waals surface area contributed by atoms with E-state index in [1.54, 1.807) is 15.8 Å². The maximum atomic E-state index is 8.79. The Labute approximate surface area is 122 Å². The third-order valence-corrected chi connectivity index (χ3v) is 2.94. The largest absolute Gasteiger partial charge is 0.370 e. The molecule has 0 saturated heterocycles. The summed E-state index contributed by atoms with van der Waals surface area (Å²) >= 11 is 0. The highest BCUT2D eigenvalue weighted by Crippen LogP contribution is 2.19. The van der Waals surface area contributed by atoms with Crippen molar-refractivity contribution in [1.82, 2.24) is 24.6 Å². The van der Waals surface area contributed by atoms with Gasteiger partial charge in [0, 0.05) is 13.6 Å². The molecule has 0 fully saturated rings. The fourth-order valence-electron chi connectivity index (χ4n) is 2.01. The van der Waals surface area contributed by atoms with Gasteiger partial charge in [-0.3, -0.25) is 9.58 Å². The number of nitrogens with zero attached hydrogens (tertiary/aromatic N) is 7. The van der Waals surface area contributed by atoms with Gasteiger partial charge in [-0.15, -0.1) is 0 Å². The monoisotopic (exact) mass is 284 g/mol. The van der Waals surface area contributed by atoms with E-state index in [1.807, 2.05) is 26.1 Å². The van der Waals surface area contributed by atoms with Crippen molar-refractivity contribution in [2.24, 2.45) is 7.05 Å². The van der Waals surface area contributed by atoms with Gasteiger partial charge in [0.1, 0.15) is 11.6 Å². The van der Waals surface area contributed by atoms with Gasteiger partial charge in [0.15, 0.2) is 5.65 Å². The lowest BCUT2D eigenvalue weighted by molar-refractivity contribution is 0.326. The van der Waals surface area contributed by atoms with E-state index in [4.69, 9.17) is 10.5 Å². The van der Waals surface area contributed by atoms with Crippen molar-refractivity contribution in [2.45, 2.75) is 13.5 Å². The van der Waals surface area contributed by atoms with Crippen molar-refractivity contribution in [3.05, 3.63) is 12.0 Å². The molecular weight excluding hydrogens is 268 g/mol. The molecule has 0 radical (unpaired) electrons. The minimum atomic E-state index is 0.164. The highest BCUT2D eigenvalue weighted by Gasteiger charge is 2.13. The fourth-order valence-corrected chi connectivity index (χ4v) is 2.01. The predicted molar refractivity (Wildman–Crippen MR) is 77.0 cm³/mol. The molecule has 0 aliphatic carbocycles. The van der Waals surface area contributed by atoms with Crippen molar-refractivity contribution in [2.75, 3.05) is 25.0 Å². The van der Waals surface area contributed by atoms with E-state index >= 15 is 0 Å². The van der Waals surface area contributed by atoms with Crippen molar-refractivity contribution in [3.8, 4) is 12.1 Å². The molecule has 1 N–H and O–H groups in total. The Morgan fingerprint density at radius 3 is 2.62 bits per heavy atom. The minimum absolute atomic E-state index is 0.164. The molecule has 0 unspecified atom stereocenters. The number of nitriles is 2. The summed E-state index contributed by atoms with van der Waals surface area (Å²) < 4.78 is 1.68. The molecule has 0 spiro atoms. The Hall–Kier alpha value is -2.71. The highest BCUT2D eigenvalue weighted by atomic mass is 15.3. The van der Waals surface area contributed by atoms with Crippen LogP contribution in [0.15, 0.2) is 6.20 Å². The van der Waals surface area contributed by atoms with Crippen molar-refractivity contribution in [3.63, 3.8) is 0 Å². The van der Waals surface area contributed by atoms with Crippen LogP contribution in [0, 0.1) is 22.7 Å². The Kier molecular flexibility index (Phi) is 4.64. The summed E-state index contributed by atoms with van der Waals surface area (Å²) in [6.45, 7) is 3.40. The Balaban J connectivity index is 2.37. The van der Waals surface area contributed by atoms with Gasteiger partial charge in [0.05, 0.1) is 43.4 Å². The van der Waals surface area contributed by atoms with Crippen LogP contribution >= 0.6 is 0 Å². The number of aryl methyl sites for hydroxylation is 1. The minimum Gasteiger partial charge on any atom is -0.370 e. The van der Waals surface area contributed by atoms with Gasteiger partial charge in [-0.05, 0) is 6.92 Å². The molecule has 2 rings (SSSR count). The standard InChI is InChI=1S/C13H16N8/c1-3-16-12-10-8-17-20(2)13(10)19-11(18-12)9-21(6-4-14)7-5-15/h8H,3,6-7,9H2,1-2H3,(H,16,18,19). The van der Waals surface area contributed by atoms with E-state index < -0.39 is 0 Å². The quantitative estimate of drug-likeness (QED) is 0.776. The summed E-state index contributed by atoms with van der Waals surface area (Å²) in [5.41, 5.74) is 0.727. The summed E-state index contributed by atoms with van der Waals surface area (Å²) in [5, 5.41) is 25.8. The van der Waals surface area contributed by atoms with Gasteiger partial charge in [-0.2, -0.15) is 15.6 Å². The second-order valence-corrected chi connectivity index (χ2v) is 4.49. The number of rotatable bonds is 6. The van der Waals surface area contributed by atoms with E-state index in [-0.39, 0.29) is 13.1 Å². The second kappa shape index (κ2) is 6.64. The van der Waals surface area contributed by atoms with Crippen LogP contribution < -0.4 is 5.32 Å². The third kappa shape index (κ3) is 3.25. The molecule has 8 heteroatoms. The third-order valence-electron chi connectivity index (χ3n) is 2.94. The number of fused-ring (bicyclic) bond motifs is 1. The van der Waals surface area contributed by atoms with E-state index in [0.717, 1.165) is 23.4 Å². The second-order valence-electron chi connectivity index (χ2n) is 4.49. The van der Waals surface area contributed by atoms with Crippen LogP contribution in [0.1, 0.15) is 12.7 Å². The van der Waals surface area contributed by atoms with E-state index in [0.29, 0.717) is 12.4 Å². The number of hydrogen-bond donors (Lipinski definition) is 1. The smallest absolute Gasteiger partial charge is 0.163 e. The number of anilines is 1. The lowest BCUT2D eigenvalue weighted by Crippen LogP contribution is -2.25. The SMILES string of the molecule is CCNc1nc(CN(CC#N)CC#N)nc2c1cnn2C. The van der Waals surface area contributed by atoms with Crippen LogP contribution in [0.5, 0.6) is 0 Å². The molecule has 0 aromatic carbocycles. The van der Waals surface area contributed by atoms with Gasteiger partial charge in [-0.1, -0.05) is 0 Å². The molecule has 2 aromatic heterocycles. The molecule has 108 valence electrons. The number of nitrogens with one attached hydrogen (secondary N) is 1. The zero-order valence-corrected chi connectivity index (χ0v) is 12.0. The van der Waals surface area contributed by atoms with Crippen LogP contribution in [0.4, 0.5) is 5.82 Å². The molecule has 0 bridgehead atoms. The fraction of sp³-hybridized carbons (Fsp3) is 0.462. The van der Waals surface area contributed by atoms with E-state index in [9.17, 15) is 0 Å². The number of aromatic nitrogens is 4. The zero-order valence-electron chi connectivity index (χ0n) is 12.0. The van der Waals surface area contributed by atoms with Gasteiger partial charge in [0.25, 0.3) is 0 Å². The molecule has 2 heterocycles. The summed E-state index contributed by atoms with van der Waals surface area (Å²) in [4.78, 5) is 10.6. The normalized spacial score (nSPS) is 10.5. The summed E-state index contributed by atoms with van der Waals surface area (Å²) in [5.74, 6) is 1.28. The summed E-state index contributed by atoms with van der Waals surface area (Å²) in [6.07, 6.45) is 1.72. The first kappa shape index (κ1) is 14.7. The van der Waals surface area contributed by atoms with Crippen LogP contribution in [0.25, 0.3) is 11.0 Å². The molecule has 8 nitrogen and oxygen atoms in total. The first-order valence-corrected chi connectivity index (χ1v) is 6.58. The highest BCUT2D eigenvalue weighted by molar-refractivity contribution is 5.86. The van der Waals surface area contributed by atoms with E-state index in [2.05, 4.69) is 20.4 Å². The first-order chi connectivity index (χ1) is 10.2. The molecule has 0 aliphatic rings. The van der Waals surface area contributed by atoms with Gasteiger partial charge in [0.2, 0.25) is 0 Å². The van der Waals surface area contributed by atoms with Crippen LogP contribution in [-0.2, 0) is 13.6 Å². The van der Waals surface area contributed by atoms with Crippen LogP contribution in [-0.4, -0.2) is 44.3 Å². The van der Waals surface area contributed by atoms with Gasteiger partial charge in [-0.25, -0.2) is 9.97 Å². The summed E-state index contributed by atoms with van der Waals surface area (Å²) in [6, 6.07) is 4.08. The maximum absolute atomic E-state index is 8.79. The van der Waals surface area contributed by atoms with Gasteiger partial charge < -0.3 is 5.32 Å². The molecule has 2 aromatic rings. The zero-order chi connectivity index (χ0) is 15.2. The molecule has 0 aliphatic heterocycles. The van der Waals surface area contributed by atoms with Crippen LogP contribution in [0.3, 0.4) is 0 Å². The molecule has 21 heavy (non-hydrogen) atoms. The van der Waals surface area contributed by atoms with Crippen molar-refractivity contribution >= 4 is 16.9 Å². The Morgan fingerprint density at radius 2 is 2.00 bits per heavy atom. The molecule has 0 atom stereocenters. The first-order valence-electron chi connectivity index (χ1n) is 6.58. The maximum Gasteiger partial charge on any atom is 0.163 e. The topological polar surface area (TPSA) is 106 Å². The lowest BCUT2D eigenvalue weighted by atomic mass is 10.3. The molecular formula is C13H16N8. The molecule has 0 saturated carbocycles. The van der Waals surface area contributed by atoms with E-state index in [1.165, 1.54) is 0 Å². The number of hydrogen-bond acceptors (Lipinski definition) is 7. The van der Waals surface area contributed by atoms with Crippen molar-refractivity contribution < 1.29 is 0 Å². The average Bonchev–Trinajstić information content (AvgIpc) is 2.82. The Morgan fingerprint density at radius 1 is 1.29 bits per heavy atom. The van der Waals surface area contributed by atoms with Crippen molar-refractivity contribution in [1.29, 1.82) is 10.5 Å². The Bertz CT molecular complexity index is 689. The van der Waals surface area contributed by atoms with Crippen LogP contribution in [0.2, 0.25) is 0 Å². The predicted octanol–water partition coefficient (Wildman–Crippen LogP) is 0.644. The lowest BCUT2D eigenvalue weighted by Gasteiger charge is -2.15. The summed E-state index contributed by atoms with van der Waals surface area (Å²) in [7, 11) is 1.82.